The van der Waals surface area contributed by atoms with Gasteiger partial charge in [-0.1, -0.05) is 36.4 Å². The lowest BCUT2D eigenvalue weighted by Crippen LogP contribution is -2.14. The van der Waals surface area contributed by atoms with Crippen LogP contribution in [0.25, 0.3) is 17.0 Å². The number of halogens is 1. The van der Waals surface area contributed by atoms with E-state index in [1.807, 2.05) is 72.3 Å². The Labute approximate surface area is 179 Å². The number of nitrogens with one attached hydrogen (secondary N) is 1. The molecule has 1 heterocycles. The van der Waals surface area contributed by atoms with E-state index in [-0.39, 0.29) is 11.4 Å². The van der Waals surface area contributed by atoms with Crippen LogP contribution in [0.3, 0.4) is 0 Å². The maximum atomic E-state index is 13.5. The Bertz CT molecular complexity index is 1340. The number of fused-ring (bicyclic) bond motifs is 1. The molecule has 0 saturated heterocycles. The predicted octanol–water partition coefficient (Wildman–Crippen LogP) is 5.68. The summed E-state index contributed by atoms with van der Waals surface area (Å²) in [4.78, 5) is 12.6. The third-order valence-corrected chi connectivity index (χ3v) is 5.11. The van der Waals surface area contributed by atoms with Crippen LogP contribution in [0.5, 0.6) is 0 Å². The molecule has 0 fully saturated rings. The van der Waals surface area contributed by atoms with Gasteiger partial charge in [-0.25, -0.2) is 4.39 Å². The van der Waals surface area contributed by atoms with Gasteiger partial charge in [-0.3, -0.25) is 4.79 Å². The standard InChI is InChI=1S/C26H20FN3O/c1-18-5-2-3-8-24(18)29-26(31)22(16-28)14-19-9-10-25-21(13-19)11-12-30(25)17-20-6-4-7-23(27)15-20/h2-15H,17H2,1H3,(H,29,31)/b22-14+. The average molecular weight is 409 g/mol. The van der Waals surface area contributed by atoms with Crippen molar-refractivity contribution in [3.05, 3.63) is 107 Å². The van der Waals surface area contributed by atoms with Gasteiger partial charge in [-0.2, -0.15) is 5.26 Å². The molecule has 0 aliphatic heterocycles. The predicted molar refractivity (Wildman–Crippen MR) is 121 cm³/mol. The van der Waals surface area contributed by atoms with Crippen molar-refractivity contribution in [2.75, 3.05) is 5.32 Å². The quantitative estimate of drug-likeness (QED) is 0.340. The summed E-state index contributed by atoms with van der Waals surface area (Å²) in [5, 5.41) is 13.3. The number of benzene rings is 3. The number of hydrogen-bond acceptors (Lipinski definition) is 2. The second-order valence-electron chi connectivity index (χ2n) is 7.33. The van der Waals surface area contributed by atoms with Crippen molar-refractivity contribution in [1.82, 2.24) is 4.57 Å². The minimum absolute atomic E-state index is 0.0294. The van der Waals surface area contributed by atoms with Gasteiger partial charge in [-0.15, -0.1) is 0 Å². The van der Waals surface area contributed by atoms with Gasteiger partial charge in [0.1, 0.15) is 17.5 Å². The molecule has 0 saturated carbocycles. The summed E-state index contributed by atoms with van der Waals surface area (Å²) in [6.45, 7) is 2.45. The first-order valence-corrected chi connectivity index (χ1v) is 9.85. The van der Waals surface area contributed by atoms with Crippen LogP contribution in [-0.4, -0.2) is 10.5 Å². The summed E-state index contributed by atoms with van der Waals surface area (Å²) in [5.74, 6) is -0.699. The molecule has 1 aromatic heterocycles. The number of aromatic nitrogens is 1. The Kier molecular flexibility index (Phi) is 5.63. The molecular formula is C26H20FN3O. The SMILES string of the molecule is Cc1ccccc1NC(=O)/C(C#N)=C/c1ccc2c(ccn2Cc2cccc(F)c2)c1. The van der Waals surface area contributed by atoms with Crippen LogP contribution in [0.4, 0.5) is 10.1 Å². The van der Waals surface area contributed by atoms with Crippen molar-refractivity contribution >= 4 is 28.6 Å². The molecule has 0 radical (unpaired) electrons. The zero-order valence-electron chi connectivity index (χ0n) is 17.0. The molecule has 0 aliphatic rings. The fourth-order valence-electron chi connectivity index (χ4n) is 3.50. The molecule has 4 aromatic rings. The molecule has 0 aliphatic carbocycles. The van der Waals surface area contributed by atoms with Gasteiger partial charge < -0.3 is 9.88 Å². The Hall–Kier alpha value is -4.17. The fraction of sp³-hybridized carbons (Fsp3) is 0.0769. The molecule has 0 spiro atoms. The van der Waals surface area contributed by atoms with Gasteiger partial charge in [0.2, 0.25) is 0 Å². The number of aryl methyl sites for hydroxylation is 1. The molecule has 1 N–H and O–H groups in total. The lowest BCUT2D eigenvalue weighted by molar-refractivity contribution is -0.112. The molecule has 31 heavy (non-hydrogen) atoms. The van der Waals surface area contributed by atoms with E-state index in [9.17, 15) is 14.4 Å². The summed E-state index contributed by atoms with van der Waals surface area (Å²) in [6, 6.07) is 23.6. The summed E-state index contributed by atoms with van der Waals surface area (Å²) in [7, 11) is 0. The number of carbonyl (C=O) groups is 1. The summed E-state index contributed by atoms with van der Waals surface area (Å²) >= 11 is 0. The van der Waals surface area contributed by atoms with Crippen molar-refractivity contribution in [1.29, 1.82) is 5.26 Å². The van der Waals surface area contributed by atoms with Gasteiger partial charge in [0.25, 0.3) is 5.91 Å². The van der Waals surface area contributed by atoms with Gasteiger partial charge >= 0.3 is 0 Å². The van der Waals surface area contributed by atoms with Crippen LogP contribution >= 0.6 is 0 Å². The van der Waals surface area contributed by atoms with Gasteiger partial charge in [-0.05, 0) is 66.1 Å². The first-order valence-electron chi connectivity index (χ1n) is 9.85. The molecule has 4 nitrogen and oxygen atoms in total. The number of hydrogen-bond donors (Lipinski definition) is 1. The zero-order chi connectivity index (χ0) is 21.8. The highest BCUT2D eigenvalue weighted by Crippen LogP contribution is 2.21. The maximum absolute atomic E-state index is 13.5. The monoisotopic (exact) mass is 409 g/mol. The Morgan fingerprint density at radius 1 is 1.10 bits per heavy atom. The van der Waals surface area contributed by atoms with Crippen molar-refractivity contribution in [2.45, 2.75) is 13.5 Å². The number of anilines is 1. The Morgan fingerprint density at radius 3 is 2.71 bits per heavy atom. The van der Waals surface area contributed by atoms with Crippen molar-refractivity contribution < 1.29 is 9.18 Å². The molecule has 152 valence electrons. The van der Waals surface area contributed by atoms with E-state index < -0.39 is 5.91 Å². The molecule has 3 aromatic carbocycles. The summed E-state index contributed by atoms with van der Waals surface area (Å²) in [5.41, 5.74) is 4.26. The van der Waals surface area contributed by atoms with E-state index in [2.05, 4.69) is 5.32 Å². The highest BCUT2D eigenvalue weighted by atomic mass is 19.1. The van der Waals surface area contributed by atoms with E-state index in [0.29, 0.717) is 12.2 Å². The first kappa shape index (κ1) is 20.1. The Balaban J connectivity index is 1.57. The van der Waals surface area contributed by atoms with Crippen LogP contribution < -0.4 is 5.32 Å². The smallest absolute Gasteiger partial charge is 0.266 e. The minimum atomic E-state index is -0.444. The van der Waals surface area contributed by atoms with E-state index >= 15 is 0 Å². The summed E-state index contributed by atoms with van der Waals surface area (Å²) < 4.78 is 15.5. The molecule has 0 bridgehead atoms. The third-order valence-electron chi connectivity index (χ3n) is 5.11. The van der Waals surface area contributed by atoms with E-state index in [4.69, 9.17) is 0 Å². The highest BCUT2D eigenvalue weighted by Gasteiger charge is 2.11. The van der Waals surface area contributed by atoms with E-state index in [1.54, 1.807) is 18.2 Å². The van der Waals surface area contributed by atoms with Crippen molar-refractivity contribution in [3.8, 4) is 6.07 Å². The van der Waals surface area contributed by atoms with Crippen LogP contribution in [-0.2, 0) is 11.3 Å². The van der Waals surface area contributed by atoms with Gasteiger partial charge in [0.05, 0.1) is 0 Å². The van der Waals surface area contributed by atoms with Crippen molar-refractivity contribution in [3.63, 3.8) is 0 Å². The van der Waals surface area contributed by atoms with E-state index in [0.717, 1.165) is 27.6 Å². The zero-order valence-corrected chi connectivity index (χ0v) is 17.0. The number of rotatable bonds is 5. The Morgan fingerprint density at radius 2 is 1.94 bits per heavy atom. The van der Waals surface area contributed by atoms with E-state index in [1.165, 1.54) is 12.1 Å². The molecule has 1 amide bonds. The largest absolute Gasteiger partial charge is 0.343 e. The second-order valence-corrected chi connectivity index (χ2v) is 7.33. The minimum Gasteiger partial charge on any atom is -0.343 e. The molecular weight excluding hydrogens is 389 g/mol. The third kappa shape index (κ3) is 4.54. The molecule has 0 unspecified atom stereocenters. The number of amides is 1. The van der Waals surface area contributed by atoms with Crippen LogP contribution in [0.15, 0.2) is 84.6 Å². The van der Waals surface area contributed by atoms with Gasteiger partial charge in [0, 0.05) is 29.3 Å². The summed E-state index contributed by atoms with van der Waals surface area (Å²) in [6.07, 6.45) is 3.52. The first-order chi connectivity index (χ1) is 15.0. The molecule has 0 atom stereocenters. The average Bonchev–Trinajstić information content (AvgIpc) is 3.15. The molecule has 4 rings (SSSR count). The number of nitrogens with zero attached hydrogens (tertiary/aromatic N) is 2. The van der Waals surface area contributed by atoms with Crippen molar-refractivity contribution in [2.24, 2.45) is 0 Å². The number of carbonyl (C=O) groups excluding carboxylic acids is 1. The molecule has 5 heteroatoms. The lowest BCUT2D eigenvalue weighted by atomic mass is 10.1. The maximum Gasteiger partial charge on any atom is 0.266 e. The number of para-hydroxylation sites is 1. The normalized spacial score (nSPS) is 11.3. The lowest BCUT2D eigenvalue weighted by Gasteiger charge is -2.08. The second kappa shape index (κ2) is 8.68. The fourth-order valence-corrected chi connectivity index (χ4v) is 3.50. The van der Waals surface area contributed by atoms with Crippen LogP contribution in [0.1, 0.15) is 16.7 Å². The van der Waals surface area contributed by atoms with Crippen LogP contribution in [0.2, 0.25) is 0 Å². The van der Waals surface area contributed by atoms with Gasteiger partial charge in [0.15, 0.2) is 0 Å². The topological polar surface area (TPSA) is 57.8 Å². The highest BCUT2D eigenvalue weighted by molar-refractivity contribution is 6.10. The number of nitriles is 1. The van der Waals surface area contributed by atoms with Crippen LogP contribution in [0, 0.1) is 24.1 Å².